The second-order valence-electron chi connectivity index (χ2n) is 11.6. The van der Waals surface area contributed by atoms with Gasteiger partial charge in [-0.3, -0.25) is 19.2 Å². The Hall–Kier alpha value is -5.42. The number of benzene rings is 1. The SMILES string of the molecule is CCc1c(N2CCN(C(=O)c3c(OC)[nH]ccc3=O)CC2)c(=O)c2nc(-c3ccnc(OC)c3)sc2n1CC(=O)Nc1ccc(C(F)(F)F)cc1Cl. The van der Waals surface area contributed by atoms with Crippen molar-refractivity contribution in [3.63, 3.8) is 0 Å². The Labute approximate surface area is 302 Å². The minimum absolute atomic E-state index is 0.0150. The zero-order valence-electron chi connectivity index (χ0n) is 28.0. The highest BCUT2D eigenvalue weighted by Gasteiger charge is 2.32. The van der Waals surface area contributed by atoms with E-state index in [0.29, 0.717) is 39.1 Å². The molecule has 0 spiro atoms. The first kappa shape index (κ1) is 36.4. The Morgan fingerprint density at radius 2 is 1.81 bits per heavy atom. The molecule has 5 aromatic rings. The van der Waals surface area contributed by atoms with Crippen LogP contribution in [0.25, 0.3) is 20.9 Å². The largest absolute Gasteiger partial charge is 0.482 e. The van der Waals surface area contributed by atoms with Crippen molar-refractivity contribution in [2.75, 3.05) is 50.6 Å². The van der Waals surface area contributed by atoms with Crippen LogP contribution in [0, 0.1) is 0 Å². The smallest absolute Gasteiger partial charge is 0.416 e. The summed E-state index contributed by atoms with van der Waals surface area (Å²) in [6.07, 6.45) is -1.39. The quantitative estimate of drug-likeness (QED) is 0.210. The van der Waals surface area contributed by atoms with Gasteiger partial charge in [0.05, 0.1) is 30.5 Å². The minimum Gasteiger partial charge on any atom is -0.482 e. The number of thiazole rings is 1. The average molecular weight is 758 g/mol. The topological polar surface area (TPSA) is 152 Å². The van der Waals surface area contributed by atoms with Crippen molar-refractivity contribution < 1.29 is 32.2 Å². The van der Waals surface area contributed by atoms with Crippen molar-refractivity contribution in [2.45, 2.75) is 26.1 Å². The van der Waals surface area contributed by atoms with Crippen LogP contribution in [0.4, 0.5) is 24.5 Å². The Morgan fingerprint density at radius 1 is 1.06 bits per heavy atom. The van der Waals surface area contributed by atoms with E-state index in [0.717, 1.165) is 18.2 Å². The Bertz CT molecular complexity index is 2300. The number of pyridine rings is 3. The summed E-state index contributed by atoms with van der Waals surface area (Å²) in [7, 11) is 2.82. The Morgan fingerprint density at radius 3 is 2.46 bits per heavy atom. The first-order valence-electron chi connectivity index (χ1n) is 15.9. The second kappa shape index (κ2) is 14.7. The molecule has 1 saturated heterocycles. The standard InChI is InChI=1S/C34H31ClF3N7O6S/c1-4-22-28(43-11-13-44(14-12-43)32(49)26-23(46)8-10-40-30(26)51-3)29(48)27-33(52-31(42-27)18-7-9-39-25(15-18)50-2)45(22)17-24(47)41-21-6-5-19(16-20(21)35)34(36,37)38/h5-10,15-16H,4,11-14,17H2,1-3H3,(H,40,46)(H,41,47). The van der Waals surface area contributed by atoms with Crippen LogP contribution in [0.15, 0.2) is 58.4 Å². The zero-order chi connectivity index (χ0) is 37.3. The second-order valence-corrected chi connectivity index (χ2v) is 13.0. The summed E-state index contributed by atoms with van der Waals surface area (Å²) in [6, 6.07) is 7.24. The van der Waals surface area contributed by atoms with Gasteiger partial charge in [0, 0.05) is 62.0 Å². The maximum atomic E-state index is 14.3. The van der Waals surface area contributed by atoms with Crippen LogP contribution in [-0.2, 0) is 23.9 Å². The molecule has 0 radical (unpaired) electrons. The number of alkyl halides is 3. The van der Waals surface area contributed by atoms with E-state index in [1.54, 1.807) is 16.7 Å². The Balaban J connectivity index is 1.38. The molecular weight excluding hydrogens is 727 g/mol. The molecule has 1 aliphatic heterocycles. The number of nitrogens with zero attached hydrogens (tertiary/aromatic N) is 5. The van der Waals surface area contributed by atoms with Crippen LogP contribution in [0.2, 0.25) is 5.02 Å². The fraction of sp³-hybridized carbons (Fsp3) is 0.294. The van der Waals surface area contributed by atoms with Gasteiger partial charge in [-0.1, -0.05) is 29.9 Å². The molecule has 2 amide bonds. The van der Waals surface area contributed by atoms with E-state index in [4.69, 9.17) is 26.1 Å². The number of amides is 2. The third kappa shape index (κ3) is 7.05. The first-order valence-corrected chi connectivity index (χ1v) is 17.1. The summed E-state index contributed by atoms with van der Waals surface area (Å²) in [4.78, 5) is 69.2. The molecule has 1 aliphatic rings. The highest BCUT2D eigenvalue weighted by atomic mass is 35.5. The van der Waals surface area contributed by atoms with Gasteiger partial charge in [0.15, 0.2) is 5.43 Å². The monoisotopic (exact) mass is 757 g/mol. The molecule has 18 heteroatoms. The summed E-state index contributed by atoms with van der Waals surface area (Å²) in [5.74, 6) is -0.747. The predicted molar refractivity (Wildman–Crippen MR) is 190 cm³/mol. The number of nitrogens with one attached hydrogen (secondary N) is 2. The number of aromatic nitrogens is 4. The number of hydrogen-bond acceptors (Lipinski definition) is 10. The average Bonchev–Trinajstić information content (AvgIpc) is 3.59. The van der Waals surface area contributed by atoms with Crippen LogP contribution >= 0.6 is 22.9 Å². The van der Waals surface area contributed by atoms with Crippen molar-refractivity contribution in [3.05, 3.63) is 91.1 Å². The van der Waals surface area contributed by atoms with Crippen LogP contribution < -0.4 is 30.5 Å². The number of carbonyl (C=O) groups excluding carboxylic acids is 2. The third-order valence-electron chi connectivity index (χ3n) is 8.51. The summed E-state index contributed by atoms with van der Waals surface area (Å²) in [5.41, 5.74) is -0.448. The molecule has 0 unspecified atom stereocenters. The molecular formula is C34H31ClF3N7O6S. The lowest BCUT2D eigenvalue weighted by Gasteiger charge is -2.37. The molecule has 13 nitrogen and oxygen atoms in total. The summed E-state index contributed by atoms with van der Waals surface area (Å²) >= 11 is 7.31. The highest BCUT2D eigenvalue weighted by molar-refractivity contribution is 7.21. The van der Waals surface area contributed by atoms with Crippen molar-refractivity contribution in [2.24, 2.45) is 0 Å². The molecule has 1 aromatic carbocycles. The molecule has 52 heavy (non-hydrogen) atoms. The van der Waals surface area contributed by atoms with Crippen molar-refractivity contribution in [3.8, 4) is 22.3 Å². The first-order chi connectivity index (χ1) is 24.8. The number of anilines is 2. The van der Waals surface area contributed by atoms with Gasteiger partial charge in [0.1, 0.15) is 33.2 Å². The minimum atomic E-state index is -4.62. The molecule has 4 aromatic heterocycles. The molecule has 0 saturated carbocycles. The molecule has 272 valence electrons. The lowest BCUT2D eigenvalue weighted by molar-refractivity contribution is -0.137. The lowest BCUT2D eigenvalue weighted by Crippen LogP contribution is -2.51. The van der Waals surface area contributed by atoms with Gasteiger partial charge < -0.3 is 34.1 Å². The number of ether oxygens (including phenoxy) is 2. The van der Waals surface area contributed by atoms with Crippen LogP contribution in [0.5, 0.6) is 11.8 Å². The van der Waals surface area contributed by atoms with Gasteiger partial charge in [-0.05, 0) is 30.7 Å². The zero-order valence-corrected chi connectivity index (χ0v) is 29.5. The number of aromatic amines is 1. The normalized spacial score (nSPS) is 13.4. The molecule has 5 heterocycles. The number of piperazine rings is 1. The van der Waals surface area contributed by atoms with Crippen molar-refractivity contribution in [1.82, 2.24) is 24.4 Å². The van der Waals surface area contributed by atoms with E-state index in [1.807, 2.05) is 11.8 Å². The molecule has 6 rings (SSSR count). The van der Waals surface area contributed by atoms with E-state index < -0.39 is 29.0 Å². The Kier molecular flexibility index (Phi) is 10.3. The van der Waals surface area contributed by atoms with Crippen molar-refractivity contribution >= 4 is 56.5 Å². The van der Waals surface area contributed by atoms with Crippen molar-refractivity contribution in [1.29, 1.82) is 0 Å². The number of carbonyl (C=O) groups is 2. The van der Waals surface area contributed by atoms with Crippen LogP contribution in [0.1, 0.15) is 28.5 Å². The van der Waals surface area contributed by atoms with E-state index in [2.05, 4.69) is 15.3 Å². The van der Waals surface area contributed by atoms with E-state index >= 15 is 0 Å². The van der Waals surface area contributed by atoms with E-state index in [1.165, 1.54) is 48.9 Å². The molecule has 2 N–H and O–H groups in total. The van der Waals surface area contributed by atoms with Crippen LogP contribution in [-0.4, -0.2) is 76.6 Å². The highest BCUT2D eigenvalue weighted by Crippen LogP contribution is 2.35. The van der Waals surface area contributed by atoms with Gasteiger partial charge in [-0.2, -0.15) is 13.2 Å². The molecule has 0 aliphatic carbocycles. The van der Waals surface area contributed by atoms with Gasteiger partial charge in [0.25, 0.3) is 5.91 Å². The summed E-state index contributed by atoms with van der Waals surface area (Å²) in [5, 5.41) is 2.76. The van der Waals surface area contributed by atoms with Gasteiger partial charge in [-0.25, -0.2) is 9.97 Å². The number of halogens is 4. The van der Waals surface area contributed by atoms with E-state index in [9.17, 15) is 32.3 Å². The van der Waals surface area contributed by atoms with Gasteiger partial charge in [0.2, 0.25) is 23.1 Å². The number of fused-ring (bicyclic) bond motifs is 1. The summed E-state index contributed by atoms with van der Waals surface area (Å²) < 4.78 is 51.8. The number of H-pyrrole nitrogens is 1. The molecule has 0 atom stereocenters. The summed E-state index contributed by atoms with van der Waals surface area (Å²) in [6.45, 7) is 2.28. The van der Waals surface area contributed by atoms with Gasteiger partial charge >= 0.3 is 6.18 Å². The number of rotatable bonds is 9. The lowest BCUT2D eigenvalue weighted by atomic mass is 10.1. The predicted octanol–water partition coefficient (Wildman–Crippen LogP) is 5.06. The number of hydrogen-bond donors (Lipinski definition) is 2. The maximum Gasteiger partial charge on any atom is 0.416 e. The van der Waals surface area contributed by atoms with E-state index in [-0.39, 0.29) is 65.8 Å². The molecule has 0 bridgehead atoms. The maximum absolute atomic E-state index is 14.3. The fourth-order valence-electron chi connectivity index (χ4n) is 6.01. The van der Waals surface area contributed by atoms with Crippen LogP contribution in [0.3, 0.4) is 0 Å². The molecule has 1 fully saturated rings. The van der Waals surface area contributed by atoms with Gasteiger partial charge in [-0.15, -0.1) is 0 Å². The fourth-order valence-corrected chi connectivity index (χ4v) is 7.32. The number of methoxy groups -OCH3 is 2. The third-order valence-corrected chi connectivity index (χ3v) is 9.95.